The Balaban J connectivity index is 1.58. The first-order valence-corrected chi connectivity index (χ1v) is 9.82. The molecule has 1 fully saturated rings. The molecule has 8 heteroatoms. The van der Waals surface area contributed by atoms with Crippen molar-refractivity contribution in [3.8, 4) is 5.75 Å². The number of nitrogens with zero attached hydrogens (tertiary/aromatic N) is 3. The van der Waals surface area contributed by atoms with Crippen molar-refractivity contribution >= 4 is 40.8 Å². The molecule has 3 N–H and O–H groups in total. The fourth-order valence-corrected chi connectivity index (χ4v) is 3.61. The van der Waals surface area contributed by atoms with Crippen molar-refractivity contribution in [2.75, 3.05) is 38.2 Å². The van der Waals surface area contributed by atoms with E-state index in [9.17, 15) is 0 Å². The van der Waals surface area contributed by atoms with Gasteiger partial charge in [0.05, 0.1) is 24.0 Å². The molecule has 0 aliphatic carbocycles. The minimum atomic E-state index is 0.130. The molecular formula is C20H24ClN5OS. The molecule has 3 rings (SSSR count). The second kappa shape index (κ2) is 9.73. The lowest BCUT2D eigenvalue weighted by Gasteiger charge is -2.36. The van der Waals surface area contributed by atoms with Crippen LogP contribution in [0.25, 0.3) is 0 Å². The molecule has 1 heterocycles. The molecule has 28 heavy (non-hydrogen) atoms. The molecule has 2 aromatic carbocycles. The van der Waals surface area contributed by atoms with Crippen LogP contribution in [0.15, 0.2) is 47.6 Å². The Morgan fingerprint density at radius 1 is 1.25 bits per heavy atom. The van der Waals surface area contributed by atoms with Gasteiger partial charge in [0.15, 0.2) is 5.11 Å². The largest absolute Gasteiger partial charge is 0.496 e. The van der Waals surface area contributed by atoms with Gasteiger partial charge in [-0.1, -0.05) is 35.9 Å². The van der Waals surface area contributed by atoms with Crippen LogP contribution in [0, 0.1) is 0 Å². The highest BCUT2D eigenvalue weighted by Crippen LogP contribution is 2.28. The molecule has 0 spiro atoms. The number of benzene rings is 2. The van der Waals surface area contributed by atoms with E-state index in [1.807, 2.05) is 30.3 Å². The van der Waals surface area contributed by atoms with E-state index in [4.69, 9.17) is 34.3 Å². The summed E-state index contributed by atoms with van der Waals surface area (Å²) in [6.45, 7) is 4.67. The third kappa shape index (κ3) is 5.34. The summed E-state index contributed by atoms with van der Waals surface area (Å²) in [7, 11) is 1.72. The highest BCUT2D eigenvalue weighted by Gasteiger charge is 2.20. The van der Waals surface area contributed by atoms with Gasteiger partial charge in [-0.3, -0.25) is 10.3 Å². The van der Waals surface area contributed by atoms with Gasteiger partial charge in [-0.05, 0) is 36.0 Å². The zero-order valence-corrected chi connectivity index (χ0v) is 17.3. The molecule has 0 aromatic heterocycles. The molecule has 148 valence electrons. The van der Waals surface area contributed by atoms with Gasteiger partial charge in [0.25, 0.3) is 0 Å². The average molecular weight is 418 g/mol. The van der Waals surface area contributed by atoms with Gasteiger partial charge >= 0.3 is 0 Å². The number of hydrazone groups is 1. The van der Waals surface area contributed by atoms with Gasteiger partial charge in [-0.2, -0.15) is 5.10 Å². The Hall–Kier alpha value is -2.35. The van der Waals surface area contributed by atoms with Crippen molar-refractivity contribution in [2.24, 2.45) is 10.8 Å². The van der Waals surface area contributed by atoms with Gasteiger partial charge in [0.1, 0.15) is 5.75 Å². The molecule has 1 saturated heterocycles. The predicted octanol–water partition coefficient (Wildman–Crippen LogP) is 2.84. The number of hydrogen-bond donors (Lipinski definition) is 2. The molecule has 0 saturated carbocycles. The van der Waals surface area contributed by atoms with Crippen molar-refractivity contribution in [1.29, 1.82) is 0 Å². The Kier molecular flexibility index (Phi) is 7.08. The van der Waals surface area contributed by atoms with E-state index < -0.39 is 0 Å². The van der Waals surface area contributed by atoms with Gasteiger partial charge < -0.3 is 15.4 Å². The highest BCUT2D eigenvalue weighted by atomic mass is 35.5. The molecule has 0 amide bonds. The van der Waals surface area contributed by atoms with Crippen molar-refractivity contribution in [2.45, 2.75) is 6.54 Å². The number of rotatable bonds is 6. The van der Waals surface area contributed by atoms with Crippen LogP contribution in [0.4, 0.5) is 5.69 Å². The van der Waals surface area contributed by atoms with Crippen LogP contribution >= 0.6 is 23.8 Å². The standard InChI is InChI=1S/C20H24ClN5OS/c1-27-19-5-3-2-4-16(19)14-25-8-10-26(11-9-25)18-7-6-15(12-17(18)21)13-23-24-20(22)28/h2-7,12-13H,8-11,14H2,1H3,(H3,22,24,28)/b23-13+. The Morgan fingerprint density at radius 2 is 2.00 bits per heavy atom. The van der Waals surface area contributed by atoms with E-state index in [1.54, 1.807) is 13.3 Å². The highest BCUT2D eigenvalue weighted by molar-refractivity contribution is 7.80. The first-order chi connectivity index (χ1) is 13.6. The summed E-state index contributed by atoms with van der Waals surface area (Å²) in [6.07, 6.45) is 1.64. The maximum atomic E-state index is 6.51. The average Bonchev–Trinajstić information content (AvgIpc) is 2.69. The molecule has 1 aliphatic heterocycles. The van der Waals surface area contributed by atoms with E-state index in [0.717, 1.165) is 49.7 Å². The van der Waals surface area contributed by atoms with Gasteiger partial charge in [0.2, 0.25) is 0 Å². The van der Waals surface area contributed by atoms with Crippen LogP contribution in [0.5, 0.6) is 5.75 Å². The quantitative estimate of drug-likeness (QED) is 0.428. The topological polar surface area (TPSA) is 66.1 Å². The number of para-hydroxylation sites is 1. The van der Waals surface area contributed by atoms with Gasteiger partial charge in [-0.25, -0.2) is 0 Å². The van der Waals surface area contributed by atoms with Crippen LogP contribution in [0.3, 0.4) is 0 Å². The fraction of sp³-hybridized carbons (Fsp3) is 0.300. The number of methoxy groups -OCH3 is 1. The van der Waals surface area contributed by atoms with E-state index in [-0.39, 0.29) is 5.11 Å². The van der Waals surface area contributed by atoms with Gasteiger partial charge in [0, 0.05) is 38.3 Å². The summed E-state index contributed by atoms with van der Waals surface area (Å²) in [4.78, 5) is 4.75. The molecule has 0 atom stereocenters. The van der Waals surface area contributed by atoms with Crippen LogP contribution in [-0.4, -0.2) is 49.5 Å². The number of nitrogens with one attached hydrogen (secondary N) is 1. The normalized spacial score (nSPS) is 15.0. The van der Waals surface area contributed by atoms with Crippen LogP contribution in [0.1, 0.15) is 11.1 Å². The van der Waals surface area contributed by atoms with E-state index in [0.29, 0.717) is 5.02 Å². The molecule has 2 aromatic rings. The summed E-state index contributed by atoms with van der Waals surface area (Å²) in [6, 6.07) is 14.1. The third-order valence-corrected chi connectivity index (χ3v) is 5.05. The van der Waals surface area contributed by atoms with Crippen LogP contribution in [0.2, 0.25) is 5.02 Å². The minimum Gasteiger partial charge on any atom is -0.496 e. The summed E-state index contributed by atoms with van der Waals surface area (Å²) >= 11 is 11.2. The maximum Gasteiger partial charge on any atom is 0.184 e. The smallest absolute Gasteiger partial charge is 0.184 e. The third-order valence-electron chi connectivity index (χ3n) is 4.66. The van der Waals surface area contributed by atoms with Crippen LogP contribution in [-0.2, 0) is 6.54 Å². The lowest BCUT2D eigenvalue weighted by Crippen LogP contribution is -2.46. The van der Waals surface area contributed by atoms with Gasteiger partial charge in [-0.15, -0.1) is 0 Å². The van der Waals surface area contributed by atoms with Crippen molar-refractivity contribution in [1.82, 2.24) is 10.3 Å². The zero-order chi connectivity index (χ0) is 19.9. The predicted molar refractivity (Wildman–Crippen MR) is 119 cm³/mol. The monoisotopic (exact) mass is 417 g/mol. The van der Waals surface area contributed by atoms with Crippen LogP contribution < -0.4 is 20.8 Å². The summed E-state index contributed by atoms with van der Waals surface area (Å²) in [5.41, 5.74) is 11.0. The SMILES string of the molecule is COc1ccccc1CN1CCN(c2ccc(/C=N/NC(N)=S)cc2Cl)CC1. The van der Waals surface area contributed by atoms with Crippen molar-refractivity contribution in [3.63, 3.8) is 0 Å². The number of anilines is 1. The van der Waals surface area contributed by atoms with E-state index in [1.165, 1.54) is 5.56 Å². The molecule has 6 nitrogen and oxygen atoms in total. The Bertz CT molecular complexity index is 852. The van der Waals surface area contributed by atoms with Crippen molar-refractivity contribution < 1.29 is 4.74 Å². The molecule has 0 unspecified atom stereocenters. The maximum absolute atomic E-state index is 6.51. The fourth-order valence-electron chi connectivity index (χ4n) is 3.25. The molecule has 0 bridgehead atoms. The van der Waals surface area contributed by atoms with Crippen molar-refractivity contribution in [3.05, 3.63) is 58.6 Å². The summed E-state index contributed by atoms with van der Waals surface area (Å²) in [5, 5.41) is 4.79. The lowest BCUT2D eigenvalue weighted by atomic mass is 10.1. The summed E-state index contributed by atoms with van der Waals surface area (Å²) < 4.78 is 5.46. The second-order valence-corrected chi connectivity index (χ2v) is 7.37. The minimum absolute atomic E-state index is 0.130. The molecule has 1 aliphatic rings. The molecule has 0 radical (unpaired) electrons. The molecular weight excluding hydrogens is 394 g/mol. The Labute approximate surface area is 175 Å². The lowest BCUT2D eigenvalue weighted by molar-refractivity contribution is 0.246. The number of piperazine rings is 1. The first kappa shape index (κ1) is 20.4. The number of ether oxygens (including phenoxy) is 1. The Morgan fingerprint density at radius 3 is 2.68 bits per heavy atom. The van der Waals surface area contributed by atoms with E-state index >= 15 is 0 Å². The first-order valence-electron chi connectivity index (χ1n) is 9.04. The number of halogens is 1. The zero-order valence-electron chi connectivity index (χ0n) is 15.8. The second-order valence-electron chi connectivity index (χ2n) is 6.52. The van der Waals surface area contributed by atoms with E-state index in [2.05, 4.69) is 32.5 Å². The number of nitrogens with two attached hydrogens (primary N) is 1. The number of hydrogen-bond acceptors (Lipinski definition) is 5. The number of thiocarbonyl (C=S) groups is 1. The summed E-state index contributed by atoms with van der Waals surface area (Å²) in [5.74, 6) is 0.940.